The summed E-state index contributed by atoms with van der Waals surface area (Å²) in [6.07, 6.45) is -0.166. The van der Waals surface area contributed by atoms with Crippen molar-refractivity contribution in [2.75, 3.05) is 24.7 Å². The molecule has 1 aliphatic heterocycles. The first kappa shape index (κ1) is 17.5. The molecule has 0 saturated heterocycles. The number of hydrogen-bond acceptors (Lipinski definition) is 4. The monoisotopic (exact) mass is 397 g/mol. The maximum Gasteiger partial charge on any atom is 0.245 e. The van der Waals surface area contributed by atoms with Gasteiger partial charge >= 0.3 is 0 Å². The third kappa shape index (κ3) is 4.10. The number of hydrogen-bond donors (Lipinski definition) is 1. The minimum absolute atomic E-state index is 0.145. The fraction of sp³-hybridized carbons (Fsp3) is 0.571. The maximum atomic E-state index is 13.0. The Balaban J connectivity index is 2.28. The highest BCUT2D eigenvalue weighted by atomic mass is 79.9. The average Bonchev–Trinajstić information content (AvgIpc) is 2.51. The normalized spacial score (nSPS) is 20.7. The summed E-state index contributed by atoms with van der Waals surface area (Å²) < 4.78 is 56.8. The Kier molecular flexibility index (Phi) is 5.01. The highest BCUT2D eigenvalue weighted by molar-refractivity contribution is 9.10. The Hall–Kier alpha value is -0.890. The second-order valence-corrected chi connectivity index (χ2v) is 8.48. The zero-order chi connectivity index (χ0) is 16.5. The molecule has 4 nitrogen and oxygen atoms in total. The topological polar surface area (TPSA) is 55.4 Å². The molecule has 124 valence electrons. The fourth-order valence-electron chi connectivity index (χ4n) is 2.44. The van der Waals surface area contributed by atoms with E-state index in [0.717, 1.165) is 6.92 Å². The second-order valence-electron chi connectivity index (χ2n) is 5.62. The number of sulfone groups is 1. The van der Waals surface area contributed by atoms with Crippen LogP contribution in [0.1, 0.15) is 19.8 Å². The number of ether oxygens (including phenoxy) is 1. The Morgan fingerprint density at radius 2 is 2.14 bits per heavy atom. The molecular weight excluding hydrogens is 380 g/mol. The summed E-state index contributed by atoms with van der Waals surface area (Å²) in [5.41, 5.74) is 0.471. The van der Waals surface area contributed by atoms with Crippen LogP contribution in [0.15, 0.2) is 21.5 Å². The van der Waals surface area contributed by atoms with Gasteiger partial charge in [-0.2, -0.15) is 0 Å². The molecule has 0 fully saturated rings. The third-order valence-corrected chi connectivity index (χ3v) is 6.15. The van der Waals surface area contributed by atoms with Crippen molar-refractivity contribution in [2.45, 2.75) is 30.6 Å². The van der Waals surface area contributed by atoms with E-state index in [9.17, 15) is 17.2 Å². The molecule has 0 bridgehead atoms. The molecule has 0 aromatic heterocycles. The van der Waals surface area contributed by atoms with Gasteiger partial charge < -0.3 is 10.1 Å². The van der Waals surface area contributed by atoms with Gasteiger partial charge in [-0.25, -0.2) is 17.2 Å². The minimum Gasteiger partial charge on any atom is -0.496 e. The quantitative estimate of drug-likeness (QED) is 0.840. The van der Waals surface area contributed by atoms with Crippen molar-refractivity contribution in [1.29, 1.82) is 0 Å². The van der Waals surface area contributed by atoms with Crippen LogP contribution in [-0.4, -0.2) is 33.7 Å². The molecule has 0 radical (unpaired) electrons. The van der Waals surface area contributed by atoms with Gasteiger partial charge in [0.2, 0.25) is 5.92 Å². The van der Waals surface area contributed by atoms with Crippen molar-refractivity contribution < 1.29 is 21.9 Å². The van der Waals surface area contributed by atoms with Gasteiger partial charge in [-0.1, -0.05) is 0 Å². The van der Waals surface area contributed by atoms with Crippen LogP contribution in [-0.2, 0) is 9.84 Å². The minimum atomic E-state index is -3.55. The molecule has 0 spiro atoms. The Morgan fingerprint density at radius 3 is 2.73 bits per heavy atom. The molecule has 0 saturated carbocycles. The highest BCUT2D eigenvalue weighted by Gasteiger charge is 2.31. The van der Waals surface area contributed by atoms with Crippen molar-refractivity contribution in [1.82, 2.24) is 0 Å². The predicted octanol–water partition coefficient (Wildman–Crippen LogP) is 3.71. The first-order valence-electron chi connectivity index (χ1n) is 6.84. The van der Waals surface area contributed by atoms with E-state index < -0.39 is 15.8 Å². The summed E-state index contributed by atoms with van der Waals surface area (Å²) in [5.74, 6) is -2.86. The molecule has 1 heterocycles. The number of nitrogens with one attached hydrogen (secondary N) is 1. The summed E-state index contributed by atoms with van der Waals surface area (Å²) in [7, 11) is -2.10. The van der Waals surface area contributed by atoms with Crippen molar-refractivity contribution in [3.8, 4) is 5.75 Å². The molecule has 0 amide bonds. The van der Waals surface area contributed by atoms with E-state index in [1.807, 2.05) is 0 Å². The standard InChI is InChI=1S/C14H18BrF2NO3S/c1-14(16,17)4-3-9-7-18-11-5-10(15)12(21-2)6-13(11)22(19,20)8-9/h5-6,9,18H,3-4,7-8H2,1-2H3. The zero-order valence-electron chi connectivity index (χ0n) is 12.3. The number of rotatable bonds is 4. The molecule has 0 aliphatic carbocycles. The van der Waals surface area contributed by atoms with Gasteiger partial charge in [0, 0.05) is 19.0 Å². The highest BCUT2D eigenvalue weighted by Crippen LogP contribution is 2.37. The predicted molar refractivity (Wildman–Crippen MR) is 84.6 cm³/mol. The molecular formula is C14H18BrF2NO3S. The smallest absolute Gasteiger partial charge is 0.245 e. The Morgan fingerprint density at radius 1 is 1.45 bits per heavy atom. The van der Waals surface area contributed by atoms with E-state index in [4.69, 9.17) is 4.74 Å². The van der Waals surface area contributed by atoms with Gasteiger partial charge in [-0.05, 0) is 41.3 Å². The molecule has 1 aliphatic rings. The van der Waals surface area contributed by atoms with Crippen molar-refractivity contribution in [2.24, 2.45) is 5.92 Å². The van der Waals surface area contributed by atoms with E-state index in [-0.39, 0.29) is 29.4 Å². The largest absolute Gasteiger partial charge is 0.496 e. The number of methoxy groups -OCH3 is 1. The lowest BCUT2D eigenvalue weighted by atomic mass is 10.0. The molecule has 1 aromatic carbocycles. The molecule has 2 rings (SSSR count). The van der Waals surface area contributed by atoms with Crippen LogP contribution >= 0.6 is 15.9 Å². The molecule has 1 unspecified atom stereocenters. The lowest BCUT2D eigenvalue weighted by Crippen LogP contribution is -2.22. The van der Waals surface area contributed by atoms with Gasteiger partial charge in [0.05, 0.1) is 27.9 Å². The fourth-order valence-corrected chi connectivity index (χ4v) is 4.79. The van der Waals surface area contributed by atoms with E-state index in [1.54, 1.807) is 6.07 Å². The first-order valence-corrected chi connectivity index (χ1v) is 9.29. The first-order chi connectivity index (χ1) is 10.1. The van der Waals surface area contributed by atoms with Crippen LogP contribution in [0.3, 0.4) is 0 Å². The van der Waals surface area contributed by atoms with Gasteiger partial charge in [0.15, 0.2) is 9.84 Å². The summed E-state index contributed by atoms with van der Waals surface area (Å²) in [5, 5.41) is 3.05. The lowest BCUT2D eigenvalue weighted by Gasteiger charge is -2.16. The van der Waals surface area contributed by atoms with Crippen LogP contribution in [0.25, 0.3) is 0 Å². The molecule has 1 atom stereocenters. The van der Waals surface area contributed by atoms with E-state index in [0.29, 0.717) is 22.5 Å². The van der Waals surface area contributed by atoms with E-state index >= 15 is 0 Å². The molecule has 8 heteroatoms. The van der Waals surface area contributed by atoms with Gasteiger partial charge in [-0.3, -0.25) is 0 Å². The van der Waals surface area contributed by atoms with Crippen LogP contribution in [0.4, 0.5) is 14.5 Å². The number of anilines is 1. The number of alkyl halides is 2. The average molecular weight is 398 g/mol. The van der Waals surface area contributed by atoms with Crippen molar-refractivity contribution in [3.05, 3.63) is 16.6 Å². The summed E-state index contributed by atoms with van der Waals surface area (Å²) in [4.78, 5) is 0.151. The second kappa shape index (κ2) is 6.31. The summed E-state index contributed by atoms with van der Waals surface area (Å²) in [6.45, 7) is 1.20. The van der Waals surface area contributed by atoms with Crippen LogP contribution in [0.5, 0.6) is 5.75 Å². The number of halogens is 3. The Labute approximate surface area is 137 Å². The van der Waals surface area contributed by atoms with Crippen molar-refractivity contribution in [3.63, 3.8) is 0 Å². The van der Waals surface area contributed by atoms with Crippen LogP contribution < -0.4 is 10.1 Å². The van der Waals surface area contributed by atoms with Crippen LogP contribution in [0.2, 0.25) is 0 Å². The summed E-state index contributed by atoms with van der Waals surface area (Å²) in [6, 6.07) is 3.10. The molecule has 1 N–H and O–H groups in total. The Bertz CT molecular complexity index is 659. The zero-order valence-corrected chi connectivity index (χ0v) is 14.7. The molecule has 22 heavy (non-hydrogen) atoms. The van der Waals surface area contributed by atoms with Gasteiger partial charge in [-0.15, -0.1) is 0 Å². The SMILES string of the molecule is COc1cc2c(cc1Br)NCC(CCC(C)(F)F)CS2(=O)=O. The number of fused-ring (bicyclic) bond motifs is 1. The maximum absolute atomic E-state index is 13.0. The third-order valence-electron chi connectivity index (χ3n) is 3.62. The van der Waals surface area contributed by atoms with Gasteiger partial charge in [0.1, 0.15) is 5.75 Å². The number of benzene rings is 1. The van der Waals surface area contributed by atoms with E-state index in [1.165, 1.54) is 13.2 Å². The van der Waals surface area contributed by atoms with E-state index in [2.05, 4.69) is 21.2 Å². The van der Waals surface area contributed by atoms with Crippen molar-refractivity contribution >= 4 is 31.5 Å². The van der Waals surface area contributed by atoms with Crippen LogP contribution in [0, 0.1) is 5.92 Å². The summed E-state index contributed by atoms with van der Waals surface area (Å²) >= 11 is 3.31. The van der Waals surface area contributed by atoms with Gasteiger partial charge in [0.25, 0.3) is 0 Å². The lowest BCUT2D eigenvalue weighted by molar-refractivity contribution is 0.00777. The molecule has 1 aromatic rings.